The number of aromatic nitrogens is 2. The average molecular weight is 284 g/mol. The van der Waals surface area contributed by atoms with Gasteiger partial charge in [0, 0.05) is 18.4 Å². The summed E-state index contributed by atoms with van der Waals surface area (Å²) < 4.78 is 8.28. The molecular formula is C14H12N4OS. The molecule has 1 N–H and O–H groups in total. The Morgan fingerprint density at radius 2 is 1.85 bits per heavy atom. The number of benzene rings is 2. The second-order valence-electron chi connectivity index (χ2n) is 4.29. The third kappa shape index (κ3) is 2.46. The minimum Gasteiger partial charge on any atom is -0.307 e. The largest absolute Gasteiger partial charge is 0.326 e. The van der Waals surface area contributed by atoms with Crippen LogP contribution in [0.3, 0.4) is 0 Å². The normalized spacial score (nSPS) is 10.4. The molecule has 1 aromatic heterocycles. The van der Waals surface area contributed by atoms with E-state index in [1.807, 2.05) is 48.5 Å². The Hall–Kier alpha value is -2.47. The number of rotatable bonds is 2. The molecule has 3 aromatic rings. The second-order valence-corrected chi connectivity index (χ2v) is 4.82. The van der Waals surface area contributed by atoms with Crippen LogP contribution in [-0.4, -0.2) is 21.8 Å². The van der Waals surface area contributed by atoms with Gasteiger partial charge in [-0.1, -0.05) is 18.2 Å². The zero-order valence-corrected chi connectivity index (χ0v) is 11.6. The van der Waals surface area contributed by atoms with Gasteiger partial charge in [-0.2, -0.15) is 8.75 Å². The lowest BCUT2D eigenvalue weighted by atomic mass is 10.2. The van der Waals surface area contributed by atoms with E-state index in [9.17, 15) is 4.79 Å². The molecule has 0 spiro atoms. The number of hydrogen-bond acceptors (Lipinski definition) is 4. The monoisotopic (exact) mass is 284 g/mol. The number of para-hydroxylation sites is 1. The second kappa shape index (κ2) is 5.26. The summed E-state index contributed by atoms with van der Waals surface area (Å²) in [5.74, 6) is 0. The van der Waals surface area contributed by atoms with Gasteiger partial charge in [-0.15, -0.1) is 0 Å². The number of anilines is 2. The molecular weight excluding hydrogens is 272 g/mol. The van der Waals surface area contributed by atoms with Gasteiger partial charge in [-0.3, -0.25) is 4.90 Å². The van der Waals surface area contributed by atoms with Crippen LogP contribution in [0.25, 0.3) is 11.0 Å². The van der Waals surface area contributed by atoms with Crippen LogP contribution >= 0.6 is 11.7 Å². The number of amides is 2. The molecule has 0 atom stereocenters. The van der Waals surface area contributed by atoms with Gasteiger partial charge in [-0.05, 0) is 30.3 Å². The summed E-state index contributed by atoms with van der Waals surface area (Å²) in [6, 6.07) is 14.8. The Bertz CT molecular complexity index is 741. The summed E-state index contributed by atoms with van der Waals surface area (Å²) in [6.07, 6.45) is 0. The van der Waals surface area contributed by atoms with Gasteiger partial charge in [0.05, 0.1) is 11.7 Å². The Kier molecular flexibility index (Phi) is 3.30. The van der Waals surface area contributed by atoms with E-state index in [4.69, 9.17) is 0 Å². The average Bonchev–Trinajstić information content (AvgIpc) is 2.95. The zero-order chi connectivity index (χ0) is 13.9. The van der Waals surface area contributed by atoms with E-state index in [2.05, 4.69) is 14.1 Å². The van der Waals surface area contributed by atoms with Crippen molar-refractivity contribution in [1.29, 1.82) is 0 Å². The van der Waals surface area contributed by atoms with Crippen molar-refractivity contribution in [2.75, 3.05) is 17.3 Å². The molecule has 0 aliphatic heterocycles. The number of urea groups is 1. The molecule has 20 heavy (non-hydrogen) atoms. The van der Waals surface area contributed by atoms with Crippen LogP contribution in [0.15, 0.2) is 48.5 Å². The molecule has 0 fully saturated rings. The first-order valence-electron chi connectivity index (χ1n) is 6.06. The van der Waals surface area contributed by atoms with Crippen molar-refractivity contribution in [3.8, 4) is 0 Å². The highest BCUT2D eigenvalue weighted by Crippen LogP contribution is 2.18. The van der Waals surface area contributed by atoms with Gasteiger partial charge in [-0.25, -0.2) is 4.79 Å². The molecule has 5 nitrogen and oxygen atoms in total. The molecule has 0 saturated heterocycles. The van der Waals surface area contributed by atoms with Crippen LogP contribution in [0.1, 0.15) is 0 Å². The Labute approximate surface area is 120 Å². The van der Waals surface area contributed by atoms with Gasteiger partial charge < -0.3 is 5.32 Å². The lowest BCUT2D eigenvalue weighted by Crippen LogP contribution is -2.31. The molecule has 0 aliphatic carbocycles. The quantitative estimate of drug-likeness (QED) is 0.785. The number of hydrogen-bond donors (Lipinski definition) is 1. The lowest BCUT2D eigenvalue weighted by molar-refractivity contribution is 0.258. The molecule has 100 valence electrons. The fraction of sp³-hybridized carbons (Fsp3) is 0.0714. The molecule has 0 bridgehead atoms. The summed E-state index contributed by atoms with van der Waals surface area (Å²) in [5, 5.41) is 2.85. The van der Waals surface area contributed by atoms with E-state index < -0.39 is 0 Å². The lowest BCUT2D eigenvalue weighted by Gasteiger charge is -2.17. The van der Waals surface area contributed by atoms with Crippen molar-refractivity contribution in [2.24, 2.45) is 0 Å². The Morgan fingerprint density at radius 3 is 2.65 bits per heavy atom. The van der Waals surface area contributed by atoms with Crippen molar-refractivity contribution >= 4 is 40.2 Å². The van der Waals surface area contributed by atoms with Crippen LogP contribution < -0.4 is 10.2 Å². The zero-order valence-electron chi connectivity index (χ0n) is 10.8. The molecule has 0 unspecified atom stereocenters. The first kappa shape index (κ1) is 12.6. The van der Waals surface area contributed by atoms with Crippen LogP contribution in [0.4, 0.5) is 16.2 Å². The van der Waals surface area contributed by atoms with Crippen LogP contribution in [-0.2, 0) is 0 Å². The van der Waals surface area contributed by atoms with Gasteiger partial charge in [0.15, 0.2) is 0 Å². The van der Waals surface area contributed by atoms with Crippen LogP contribution in [0.2, 0.25) is 0 Å². The number of nitrogens with one attached hydrogen (secondary N) is 1. The number of nitrogens with zero attached hydrogens (tertiary/aromatic N) is 3. The van der Waals surface area contributed by atoms with Gasteiger partial charge in [0.1, 0.15) is 11.0 Å². The number of carbonyl (C=O) groups is 1. The number of fused-ring (bicyclic) bond motifs is 1. The Morgan fingerprint density at radius 1 is 1.10 bits per heavy atom. The van der Waals surface area contributed by atoms with Crippen molar-refractivity contribution in [2.45, 2.75) is 0 Å². The molecule has 1 heterocycles. The summed E-state index contributed by atoms with van der Waals surface area (Å²) in [7, 11) is 1.73. The van der Waals surface area contributed by atoms with Crippen LogP contribution in [0.5, 0.6) is 0 Å². The van der Waals surface area contributed by atoms with Gasteiger partial charge in [0.2, 0.25) is 0 Å². The molecule has 6 heteroatoms. The van der Waals surface area contributed by atoms with Crippen LogP contribution in [0, 0.1) is 0 Å². The van der Waals surface area contributed by atoms with Crippen molar-refractivity contribution in [3.63, 3.8) is 0 Å². The highest BCUT2D eigenvalue weighted by molar-refractivity contribution is 7.00. The van der Waals surface area contributed by atoms with E-state index in [0.29, 0.717) is 5.69 Å². The van der Waals surface area contributed by atoms with E-state index in [1.54, 1.807) is 11.9 Å². The van der Waals surface area contributed by atoms with E-state index in [-0.39, 0.29) is 6.03 Å². The fourth-order valence-electron chi connectivity index (χ4n) is 1.84. The standard InChI is InChI=1S/C14H12N4OS/c1-18(11-5-3-2-4-6-11)14(19)15-10-7-8-12-13(9-10)17-20-16-12/h2-9H,1H3,(H,15,19). The SMILES string of the molecule is CN(C(=O)Nc1ccc2nsnc2c1)c1ccccc1. The van der Waals surface area contributed by atoms with Crippen molar-refractivity contribution in [3.05, 3.63) is 48.5 Å². The van der Waals surface area contributed by atoms with E-state index in [1.165, 1.54) is 0 Å². The number of carbonyl (C=O) groups excluding carboxylic acids is 1. The first-order chi connectivity index (χ1) is 9.74. The van der Waals surface area contributed by atoms with Crippen molar-refractivity contribution in [1.82, 2.24) is 8.75 Å². The first-order valence-corrected chi connectivity index (χ1v) is 6.79. The summed E-state index contributed by atoms with van der Waals surface area (Å²) in [6.45, 7) is 0. The van der Waals surface area contributed by atoms with Gasteiger partial charge in [0.25, 0.3) is 0 Å². The maximum atomic E-state index is 12.2. The minimum atomic E-state index is -0.196. The van der Waals surface area contributed by atoms with Gasteiger partial charge >= 0.3 is 6.03 Å². The maximum Gasteiger partial charge on any atom is 0.326 e. The molecule has 0 radical (unpaired) electrons. The predicted octanol–water partition coefficient (Wildman–Crippen LogP) is 3.36. The molecule has 3 rings (SSSR count). The topological polar surface area (TPSA) is 58.1 Å². The third-order valence-electron chi connectivity index (χ3n) is 2.95. The molecule has 2 aromatic carbocycles. The van der Waals surface area contributed by atoms with E-state index in [0.717, 1.165) is 28.4 Å². The maximum absolute atomic E-state index is 12.2. The highest BCUT2D eigenvalue weighted by Gasteiger charge is 2.11. The predicted molar refractivity (Wildman–Crippen MR) is 81.3 cm³/mol. The molecule has 0 saturated carbocycles. The molecule has 2 amide bonds. The summed E-state index contributed by atoms with van der Waals surface area (Å²) >= 11 is 1.16. The highest BCUT2D eigenvalue weighted by atomic mass is 32.1. The summed E-state index contributed by atoms with van der Waals surface area (Å²) in [5.41, 5.74) is 3.17. The minimum absolute atomic E-state index is 0.196. The smallest absolute Gasteiger partial charge is 0.307 e. The summed E-state index contributed by atoms with van der Waals surface area (Å²) in [4.78, 5) is 13.7. The Balaban J connectivity index is 1.78. The van der Waals surface area contributed by atoms with E-state index >= 15 is 0 Å². The van der Waals surface area contributed by atoms with Crippen molar-refractivity contribution < 1.29 is 4.79 Å². The fourth-order valence-corrected chi connectivity index (χ4v) is 2.35. The third-order valence-corrected chi connectivity index (χ3v) is 3.51. The molecule has 0 aliphatic rings.